The number of ether oxygens (including phenoxy) is 1. The Balaban J connectivity index is 0.00000312. The summed E-state index contributed by atoms with van der Waals surface area (Å²) in [4.78, 5) is 4.60. The van der Waals surface area contributed by atoms with Crippen LogP contribution in [0.3, 0.4) is 0 Å². The van der Waals surface area contributed by atoms with Crippen molar-refractivity contribution >= 4 is 29.9 Å². The molecule has 1 aliphatic carbocycles. The Bertz CT molecular complexity index is 549. The van der Waals surface area contributed by atoms with E-state index < -0.39 is 0 Å². The second-order valence-corrected chi connectivity index (χ2v) is 6.20. The van der Waals surface area contributed by atoms with E-state index in [0.717, 1.165) is 43.8 Å². The van der Waals surface area contributed by atoms with E-state index in [-0.39, 0.29) is 42.5 Å². The summed E-state index contributed by atoms with van der Waals surface area (Å²) in [6.45, 7) is 3.53. The molecule has 2 rings (SSSR count). The Kier molecular flexibility index (Phi) is 10.3. The molecule has 0 aromatic heterocycles. The molecule has 1 aliphatic rings. The van der Waals surface area contributed by atoms with Gasteiger partial charge in [0.2, 0.25) is 0 Å². The van der Waals surface area contributed by atoms with Gasteiger partial charge in [-0.25, -0.2) is 9.38 Å². The zero-order valence-corrected chi connectivity index (χ0v) is 17.3. The summed E-state index contributed by atoms with van der Waals surface area (Å²) >= 11 is 0. The molecule has 0 amide bonds. The maximum atomic E-state index is 13.7. The van der Waals surface area contributed by atoms with Gasteiger partial charge >= 0.3 is 0 Å². The van der Waals surface area contributed by atoms with Gasteiger partial charge in [0.15, 0.2) is 5.96 Å². The third-order valence-corrected chi connectivity index (χ3v) is 4.21. The third-order valence-electron chi connectivity index (χ3n) is 4.21. The summed E-state index contributed by atoms with van der Waals surface area (Å²) in [7, 11) is 1.55. The van der Waals surface area contributed by atoms with Crippen LogP contribution in [0.2, 0.25) is 0 Å². The lowest BCUT2D eigenvalue weighted by Crippen LogP contribution is -2.45. The molecule has 0 bridgehead atoms. The molecule has 3 N–H and O–H groups in total. The van der Waals surface area contributed by atoms with E-state index in [0.29, 0.717) is 18.2 Å². The fourth-order valence-corrected chi connectivity index (χ4v) is 2.90. The van der Waals surface area contributed by atoms with Gasteiger partial charge in [0, 0.05) is 25.3 Å². The summed E-state index contributed by atoms with van der Waals surface area (Å²) in [6.07, 6.45) is 3.38. The first kappa shape index (κ1) is 22.1. The van der Waals surface area contributed by atoms with Crippen molar-refractivity contribution in [1.29, 1.82) is 0 Å². The fourth-order valence-electron chi connectivity index (χ4n) is 2.90. The van der Waals surface area contributed by atoms with Crippen molar-refractivity contribution in [2.24, 2.45) is 4.99 Å². The van der Waals surface area contributed by atoms with E-state index >= 15 is 0 Å². The first-order valence-corrected chi connectivity index (χ1v) is 8.61. The van der Waals surface area contributed by atoms with Crippen LogP contribution in [0.15, 0.2) is 23.2 Å². The highest BCUT2D eigenvalue weighted by atomic mass is 127. The predicted molar refractivity (Wildman–Crippen MR) is 109 cm³/mol. The van der Waals surface area contributed by atoms with Gasteiger partial charge in [0.05, 0.1) is 19.3 Å². The second kappa shape index (κ2) is 11.6. The van der Waals surface area contributed by atoms with Crippen LogP contribution in [-0.4, -0.2) is 36.9 Å². The molecule has 142 valence electrons. The molecule has 0 radical (unpaired) electrons. The van der Waals surface area contributed by atoms with Gasteiger partial charge in [0.25, 0.3) is 0 Å². The monoisotopic (exact) mass is 465 g/mol. The van der Waals surface area contributed by atoms with Crippen molar-refractivity contribution in [2.45, 2.75) is 57.9 Å². The summed E-state index contributed by atoms with van der Waals surface area (Å²) in [5.74, 6) is 0.506. The van der Waals surface area contributed by atoms with Crippen LogP contribution in [0, 0.1) is 5.82 Å². The zero-order chi connectivity index (χ0) is 17.4. The maximum Gasteiger partial charge on any atom is 0.191 e. The van der Waals surface area contributed by atoms with Gasteiger partial charge in [-0.1, -0.05) is 6.07 Å². The fraction of sp³-hybridized carbons (Fsp3) is 0.611. The molecule has 0 heterocycles. The zero-order valence-electron chi connectivity index (χ0n) is 14.9. The molecule has 1 saturated carbocycles. The SMILES string of the molecule is CCNC(=NCc1ccc(F)c(COC)c1)NC1CCC(O)CC1.I. The number of aliphatic imine (C=N–C) groups is 1. The number of methoxy groups -OCH3 is 1. The lowest BCUT2D eigenvalue weighted by Gasteiger charge is -2.27. The largest absolute Gasteiger partial charge is 0.393 e. The van der Waals surface area contributed by atoms with Crippen LogP contribution in [-0.2, 0) is 17.9 Å². The average Bonchev–Trinajstić information content (AvgIpc) is 2.58. The Morgan fingerprint density at radius 3 is 2.68 bits per heavy atom. The number of guanidine groups is 1. The summed E-state index contributed by atoms with van der Waals surface area (Å²) in [5.41, 5.74) is 1.49. The van der Waals surface area contributed by atoms with E-state index in [1.54, 1.807) is 19.2 Å². The predicted octanol–water partition coefficient (Wildman–Crippen LogP) is 2.95. The van der Waals surface area contributed by atoms with E-state index in [2.05, 4.69) is 15.6 Å². The second-order valence-electron chi connectivity index (χ2n) is 6.20. The quantitative estimate of drug-likeness (QED) is 0.344. The number of halogens is 2. The van der Waals surface area contributed by atoms with Crippen LogP contribution >= 0.6 is 24.0 Å². The number of nitrogens with zero attached hydrogens (tertiary/aromatic N) is 1. The molecule has 25 heavy (non-hydrogen) atoms. The van der Waals surface area contributed by atoms with Crippen LogP contribution in [0.5, 0.6) is 0 Å². The number of aliphatic hydroxyl groups is 1. The van der Waals surface area contributed by atoms with Crippen LogP contribution in [0.1, 0.15) is 43.7 Å². The maximum absolute atomic E-state index is 13.7. The van der Waals surface area contributed by atoms with Crippen molar-refractivity contribution in [3.63, 3.8) is 0 Å². The van der Waals surface area contributed by atoms with Crippen molar-refractivity contribution < 1.29 is 14.2 Å². The number of nitrogens with one attached hydrogen (secondary N) is 2. The van der Waals surface area contributed by atoms with E-state index in [1.807, 2.05) is 6.92 Å². The Morgan fingerprint density at radius 1 is 1.32 bits per heavy atom. The molecule has 5 nitrogen and oxygen atoms in total. The van der Waals surface area contributed by atoms with Gasteiger partial charge in [0.1, 0.15) is 5.82 Å². The normalized spacial score (nSPS) is 20.7. The molecule has 1 aromatic rings. The van der Waals surface area contributed by atoms with Gasteiger partial charge < -0.3 is 20.5 Å². The molecule has 7 heteroatoms. The molecule has 0 atom stereocenters. The van der Waals surface area contributed by atoms with Gasteiger partial charge in [-0.05, 0) is 50.3 Å². The molecular formula is C18H29FIN3O2. The smallest absolute Gasteiger partial charge is 0.191 e. The topological polar surface area (TPSA) is 65.9 Å². The minimum atomic E-state index is -0.254. The molecular weight excluding hydrogens is 436 g/mol. The number of rotatable bonds is 6. The minimum Gasteiger partial charge on any atom is -0.393 e. The summed E-state index contributed by atoms with van der Waals surface area (Å²) in [6, 6.07) is 5.34. The average molecular weight is 465 g/mol. The molecule has 0 saturated heterocycles. The van der Waals surface area contributed by atoms with E-state index in [4.69, 9.17) is 4.74 Å². The molecule has 1 aromatic carbocycles. The van der Waals surface area contributed by atoms with Crippen molar-refractivity contribution in [2.75, 3.05) is 13.7 Å². The molecule has 0 aliphatic heterocycles. The Labute approximate surface area is 166 Å². The van der Waals surface area contributed by atoms with Gasteiger partial charge in [-0.3, -0.25) is 0 Å². The Morgan fingerprint density at radius 2 is 2.04 bits per heavy atom. The molecule has 0 spiro atoms. The molecule has 1 fully saturated rings. The van der Waals surface area contributed by atoms with Crippen molar-refractivity contribution in [3.05, 3.63) is 35.1 Å². The van der Waals surface area contributed by atoms with Crippen molar-refractivity contribution in [3.8, 4) is 0 Å². The lowest BCUT2D eigenvalue weighted by atomic mass is 9.93. The van der Waals surface area contributed by atoms with E-state index in [1.165, 1.54) is 6.07 Å². The summed E-state index contributed by atoms with van der Waals surface area (Å²) in [5, 5.41) is 16.3. The molecule has 0 unspecified atom stereocenters. The number of hydrogen-bond acceptors (Lipinski definition) is 3. The minimum absolute atomic E-state index is 0. The first-order valence-electron chi connectivity index (χ1n) is 8.61. The number of hydrogen-bond donors (Lipinski definition) is 3. The highest BCUT2D eigenvalue weighted by Crippen LogP contribution is 2.18. The number of benzene rings is 1. The van der Waals surface area contributed by atoms with Crippen LogP contribution in [0.25, 0.3) is 0 Å². The lowest BCUT2D eigenvalue weighted by molar-refractivity contribution is 0.120. The van der Waals surface area contributed by atoms with E-state index in [9.17, 15) is 9.50 Å². The summed E-state index contributed by atoms with van der Waals surface area (Å²) < 4.78 is 18.7. The van der Waals surface area contributed by atoms with Crippen LogP contribution in [0.4, 0.5) is 4.39 Å². The Hall–Kier alpha value is -0.930. The third kappa shape index (κ3) is 7.45. The van der Waals surface area contributed by atoms with Gasteiger partial charge in [-0.15, -0.1) is 24.0 Å². The standard InChI is InChI=1S/C18H28FN3O2.HI/c1-3-20-18(22-15-5-7-16(23)8-6-15)21-11-13-4-9-17(19)14(10-13)12-24-2;/h4,9-10,15-16,23H,3,5-8,11-12H2,1-2H3,(H2,20,21,22);1H. The van der Waals surface area contributed by atoms with Crippen LogP contribution < -0.4 is 10.6 Å². The highest BCUT2D eigenvalue weighted by molar-refractivity contribution is 14.0. The van der Waals surface area contributed by atoms with Crippen molar-refractivity contribution in [1.82, 2.24) is 10.6 Å². The highest BCUT2D eigenvalue weighted by Gasteiger charge is 2.19. The first-order chi connectivity index (χ1) is 11.6. The number of aliphatic hydroxyl groups excluding tert-OH is 1. The van der Waals surface area contributed by atoms with Gasteiger partial charge in [-0.2, -0.15) is 0 Å².